The molecule has 1 heterocycles. The molecule has 0 aliphatic carbocycles. The highest BCUT2D eigenvalue weighted by Crippen LogP contribution is 2.34. The third kappa shape index (κ3) is 3.56. The van der Waals surface area contributed by atoms with Crippen LogP contribution in [0.2, 0.25) is 5.02 Å². The van der Waals surface area contributed by atoms with Gasteiger partial charge in [0.1, 0.15) is 5.75 Å². The third-order valence-electron chi connectivity index (χ3n) is 3.32. The van der Waals surface area contributed by atoms with Crippen molar-refractivity contribution in [1.82, 2.24) is 0 Å². The van der Waals surface area contributed by atoms with Crippen LogP contribution in [0.25, 0.3) is 0 Å². The van der Waals surface area contributed by atoms with Crippen molar-refractivity contribution in [1.29, 1.82) is 0 Å². The Bertz CT molecular complexity index is 408. The Morgan fingerprint density at radius 2 is 2.11 bits per heavy atom. The van der Waals surface area contributed by atoms with Gasteiger partial charge in [0.25, 0.3) is 0 Å². The highest BCUT2D eigenvalue weighted by atomic mass is 79.9. The highest BCUT2D eigenvalue weighted by Gasteiger charge is 2.32. The Hall–Kier alpha value is 0.1000. The second kappa shape index (κ2) is 6.51. The Kier molecular flexibility index (Phi) is 5.24. The summed E-state index contributed by atoms with van der Waals surface area (Å²) in [5.41, 5.74) is 0.109. The molecule has 1 aromatic rings. The zero-order valence-electron chi connectivity index (χ0n) is 9.99. The fourth-order valence-corrected chi connectivity index (χ4v) is 3.11. The molecule has 2 nitrogen and oxygen atoms in total. The summed E-state index contributed by atoms with van der Waals surface area (Å²) >= 11 is 14.0. The molecule has 0 radical (unpaired) electrons. The van der Waals surface area contributed by atoms with E-state index in [1.165, 1.54) is 0 Å². The lowest BCUT2D eigenvalue weighted by molar-refractivity contribution is 0.00313. The maximum Gasteiger partial charge on any atom is 0.137 e. The molecule has 5 heteroatoms. The first-order valence-electron chi connectivity index (χ1n) is 5.92. The van der Waals surface area contributed by atoms with Crippen LogP contribution in [0.15, 0.2) is 22.7 Å². The average molecular weight is 352 g/mol. The molecular weight excluding hydrogens is 336 g/mol. The van der Waals surface area contributed by atoms with E-state index in [1.807, 2.05) is 18.2 Å². The molecule has 0 amide bonds. The molecule has 1 fully saturated rings. The molecule has 1 aliphatic rings. The Labute approximate surface area is 127 Å². The van der Waals surface area contributed by atoms with Crippen molar-refractivity contribution in [3.05, 3.63) is 27.7 Å². The van der Waals surface area contributed by atoms with E-state index in [-0.39, 0.29) is 5.41 Å². The van der Waals surface area contributed by atoms with Crippen LogP contribution in [0.3, 0.4) is 0 Å². The van der Waals surface area contributed by atoms with Crippen LogP contribution >= 0.6 is 40.2 Å². The van der Waals surface area contributed by atoms with Gasteiger partial charge >= 0.3 is 0 Å². The molecule has 0 aromatic heterocycles. The fraction of sp³-hybridized carbons (Fsp3) is 0.538. The van der Waals surface area contributed by atoms with Gasteiger partial charge in [-0.25, -0.2) is 0 Å². The Morgan fingerprint density at radius 3 is 2.72 bits per heavy atom. The Balaban J connectivity index is 2.01. The van der Waals surface area contributed by atoms with E-state index >= 15 is 0 Å². The van der Waals surface area contributed by atoms with Gasteiger partial charge in [-0.1, -0.05) is 27.5 Å². The van der Waals surface area contributed by atoms with Crippen LogP contribution in [0.4, 0.5) is 0 Å². The maximum absolute atomic E-state index is 6.14. The van der Waals surface area contributed by atoms with Gasteiger partial charge in [-0.2, -0.15) is 12.6 Å². The lowest BCUT2D eigenvalue weighted by Crippen LogP contribution is -2.36. The van der Waals surface area contributed by atoms with E-state index in [0.29, 0.717) is 11.6 Å². The molecule has 1 aliphatic heterocycles. The van der Waals surface area contributed by atoms with E-state index in [1.54, 1.807) is 0 Å². The second-order valence-corrected chi connectivity index (χ2v) is 6.27. The van der Waals surface area contributed by atoms with Crippen molar-refractivity contribution < 1.29 is 9.47 Å². The first kappa shape index (κ1) is 14.5. The average Bonchev–Trinajstić information content (AvgIpc) is 2.39. The number of benzene rings is 1. The van der Waals surface area contributed by atoms with Gasteiger partial charge in [-0.15, -0.1) is 0 Å². The fourth-order valence-electron chi connectivity index (χ4n) is 1.98. The molecule has 1 aromatic carbocycles. The number of hydrogen-bond donors (Lipinski definition) is 1. The van der Waals surface area contributed by atoms with Crippen molar-refractivity contribution in [2.45, 2.75) is 12.8 Å². The molecule has 2 rings (SSSR count). The molecule has 0 saturated carbocycles. The summed E-state index contributed by atoms with van der Waals surface area (Å²) in [5, 5.41) is 0.630. The predicted octanol–water partition coefficient (Wildman–Crippen LogP) is 4.21. The molecule has 1 saturated heterocycles. The largest absolute Gasteiger partial charge is 0.491 e. The molecule has 0 atom stereocenters. The number of ether oxygens (including phenoxy) is 2. The van der Waals surface area contributed by atoms with E-state index in [0.717, 1.165) is 42.0 Å². The zero-order valence-corrected chi connectivity index (χ0v) is 13.2. The van der Waals surface area contributed by atoms with Crippen molar-refractivity contribution in [3.63, 3.8) is 0 Å². The van der Waals surface area contributed by atoms with Crippen LogP contribution in [-0.2, 0) is 4.74 Å². The van der Waals surface area contributed by atoms with Crippen LogP contribution in [0.5, 0.6) is 5.75 Å². The summed E-state index contributed by atoms with van der Waals surface area (Å²) < 4.78 is 12.2. The first-order chi connectivity index (χ1) is 8.65. The van der Waals surface area contributed by atoms with Crippen molar-refractivity contribution in [3.8, 4) is 5.75 Å². The monoisotopic (exact) mass is 350 g/mol. The second-order valence-electron chi connectivity index (χ2n) is 4.63. The topological polar surface area (TPSA) is 18.5 Å². The van der Waals surface area contributed by atoms with Crippen molar-refractivity contribution >= 4 is 40.2 Å². The van der Waals surface area contributed by atoms with Crippen molar-refractivity contribution in [2.75, 3.05) is 25.6 Å². The number of thiol groups is 1. The molecule has 0 unspecified atom stereocenters. The SMILES string of the molecule is SCC1(COc2ccc(Br)cc2Cl)CCOCC1. The van der Waals surface area contributed by atoms with Gasteiger partial charge in [-0.3, -0.25) is 0 Å². The van der Waals surface area contributed by atoms with Crippen LogP contribution in [0.1, 0.15) is 12.8 Å². The van der Waals surface area contributed by atoms with Gasteiger partial charge in [0.2, 0.25) is 0 Å². The van der Waals surface area contributed by atoms with Gasteiger partial charge in [0.05, 0.1) is 11.6 Å². The highest BCUT2D eigenvalue weighted by molar-refractivity contribution is 9.10. The first-order valence-corrected chi connectivity index (χ1v) is 7.72. The lowest BCUT2D eigenvalue weighted by Gasteiger charge is -2.35. The normalized spacial score (nSPS) is 18.6. The summed E-state index contributed by atoms with van der Waals surface area (Å²) in [7, 11) is 0. The van der Waals surface area contributed by atoms with Crippen molar-refractivity contribution in [2.24, 2.45) is 5.41 Å². The molecule has 100 valence electrons. The van der Waals surface area contributed by atoms with E-state index in [4.69, 9.17) is 21.1 Å². The molecule has 0 N–H and O–H groups in total. The molecule has 18 heavy (non-hydrogen) atoms. The zero-order chi connectivity index (χ0) is 13.0. The number of hydrogen-bond acceptors (Lipinski definition) is 3. The van der Waals surface area contributed by atoms with E-state index in [2.05, 4.69) is 28.6 Å². The van der Waals surface area contributed by atoms with Gasteiger partial charge in [0.15, 0.2) is 0 Å². The van der Waals surface area contributed by atoms with E-state index in [9.17, 15) is 0 Å². The van der Waals surface area contributed by atoms with Crippen LogP contribution in [-0.4, -0.2) is 25.6 Å². The van der Waals surface area contributed by atoms with Crippen LogP contribution < -0.4 is 4.74 Å². The predicted molar refractivity (Wildman–Crippen MR) is 81.0 cm³/mol. The smallest absolute Gasteiger partial charge is 0.137 e. The van der Waals surface area contributed by atoms with Gasteiger partial charge in [-0.05, 0) is 36.8 Å². The summed E-state index contributed by atoms with van der Waals surface area (Å²) in [5.74, 6) is 1.54. The summed E-state index contributed by atoms with van der Waals surface area (Å²) in [6.07, 6.45) is 1.98. The maximum atomic E-state index is 6.14. The minimum atomic E-state index is 0.109. The number of rotatable bonds is 4. The third-order valence-corrected chi connectivity index (χ3v) is 4.78. The Morgan fingerprint density at radius 1 is 1.39 bits per heavy atom. The van der Waals surface area contributed by atoms with Gasteiger partial charge in [0, 0.05) is 23.1 Å². The standard InChI is InChI=1S/C13H16BrClO2S/c14-10-1-2-12(11(15)7-10)17-8-13(9-18)3-5-16-6-4-13/h1-2,7,18H,3-6,8-9H2. The molecule has 0 spiro atoms. The number of halogens is 2. The summed E-state index contributed by atoms with van der Waals surface area (Å²) in [6.45, 7) is 2.22. The van der Waals surface area contributed by atoms with Gasteiger partial charge < -0.3 is 9.47 Å². The summed E-state index contributed by atoms with van der Waals surface area (Å²) in [4.78, 5) is 0. The minimum absolute atomic E-state index is 0.109. The molecular formula is C13H16BrClO2S. The molecule has 0 bridgehead atoms. The summed E-state index contributed by atoms with van der Waals surface area (Å²) in [6, 6.07) is 5.66. The van der Waals surface area contributed by atoms with Crippen LogP contribution in [0, 0.1) is 5.41 Å². The lowest BCUT2D eigenvalue weighted by atomic mass is 9.83. The quantitative estimate of drug-likeness (QED) is 0.819. The minimum Gasteiger partial charge on any atom is -0.491 e. The van der Waals surface area contributed by atoms with E-state index < -0.39 is 0 Å².